The summed E-state index contributed by atoms with van der Waals surface area (Å²) in [5.74, 6) is 1.43. The lowest BCUT2D eigenvalue weighted by atomic mass is 10.0. The number of hydrogen-bond acceptors (Lipinski definition) is 2. The van der Waals surface area contributed by atoms with Crippen molar-refractivity contribution in [2.24, 2.45) is 10.9 Å². The van der Waals surface area contributed by atoms with Crippen LogP contribution in [0.15, 0.2) is 35.3 Å². The number of likely N-dealkylation sites (tertiary alicyclic amines) is 1. The van der Waals surface area contributed by atoms with E-state index in [1.165, 1.54) is 12.8 Å². The van der Waals surface area contributed by atoms with Gasteiger partial charge in [0.1, 0.15) is 6.54 Å². The summed E-state index contributed by atoms with van der Waals surface area (Å²) >= 11 is 0. The molecule has 1 unspecified atom stereocenters. The van der Waals surface area contributed by atoms with Gasteiger partial charge in [-0.25, -0.2) is 4.99 Å². The summed E-state index contributed by atoms with van der Waals surface area (Å²) in [6.45, 7) is 7.28. The van der Waals surface area contributed by atoms with E-state index < -0.39 is 0 Å². The van der Waals surface area contributed by atoms with E-state index in [4.69, 9.17) is 0 Å². The monoisotopic (exact) mass is 302 g/mol. The number of nitrogens with zero attached hydrogens (tertiary/aromatic N) is 2. The van der Waals surface area contributed by atoms with E-state index in [0.717, 1.165) is 31.3 Å². The number of carbonyl (C=O) groups excluding carboxylic acids is 1. The van der Waals surface area contributed by atoms with Crippen molar-refractivity contribution in [3.63, 3.8) is 0 Å². The number of amides is 1. The largest absolute Gasteiger partial charge is 0.357 e. The SMILES string of the molecule is CCNC(=NCC(=O)Nc1ccccc1)N1CCCC(C)C1. The van der Waals surface area contributed by atoms with Crippen LogP contribution in [-0.2, 0) is 4.79 Å². The molecule has 0 aromatic heterocycles. The molecule has 0 aliphatic carbocycles. The second-order valence-corrected chi connectivity index (χ2v) is 5.78. The van der Waals surface area contributed by atoms with Gasteiger partial charge in [-0.05, 0) is 37.8 Å². The third-order valence-electron chi connectivity index (χ3n) is 3.72. The van der Waals surface area contributed by atoms with E-state index in [-0.39, 0.29) is 12.5 Å². The number of para-hydroxylation sites is 1. The standard InChI is InChI=1S/C17H26N4O/c1-3-18-17(21-11-7-8-14(2)13-21)19-12-16(22)20-15-9-5-4-6-10-15/h4-6,9-10,14H,3,7-8,11-13H2,1-2H3,(H,18,19)(H,20,22). The van der Waals surface area contributed by atoms with Crippen LogP contribution >= 0.6 is 0 Å². The molecule has 1 amide bonds. The van der Waals surface area contributed by atoms with Crippen LogP contribution in [0, 0.1) is 5.92 Å². The van der Waals surface area contributed by atoms with E-state index in [9.17, 15) is 4.79 Å². The van der Waals surface area contributed by atoms with Gasteiger partial charge in [-0.2, -0.15) is 0 Å². The van der Waals surface area contributed by atoms with Crippen molar-refractivity contribution in [2.45, 2.75) is 26.7 Å². The minimum atomic E-state index is -0.0911. The van der Waals surface area contributed by atoms with Gasteiger partial charge in [-0.3, -0.25) is 4.79 Å². The number of hydrogen-bond donors (Lipinski definition) is 2. The summed E-state index contributed by atoms with van der Waals surface area (Å²) in [5.41, 5.74) is 0.805. The van der Waals surface area contributed by atoms with Gasteiger partial charge in [-0.15, -0.1) is 0 Å². The van der Waals surface area contributed by atoms with Crippen molar-refractivity contribution in [3.8, 4) is 0 Å². The fraction of sp³-hybridized carbons (Fsp3) is 0.529. The molecule has 5 nitrogen and oxygen atoms in total. The van der Waals surface area contributed by atoms with Crippen molar-refractivity contribution < 1.29 is 4.79 Å². The molecule has 2 rings (SSSR count). The molecule has 0 bridgehead atoms. The summed E-state index contributed by atoms with van der Waals surface area (Å²) in [6.07, 6.45) is 2.45. The Bertz CT molecular complexity index is 501. The van der Waals surface area contributed by atoms with Crippen LogP contribution < -0.4 is 10.6 Å². The van der Waals surface area contributed by atoms with Gasteiger partial charge in [0.25, 0.3) is 0 Å². The molecule has 1 aromatic carbocycles. The maximum atomic E-state index is 12.0. The molecule has 0 radical (unpaired) electrons. The van der Waals surface area contributed by atoms with Crippen molar-refractivity contribution in [1.82, 2.24) is 10.2 Å². The Labute approximate surface area is 132 Å². The first-order chi connectivity index (χ1) is 10.7. The maximum absolute atomic E-state index is 12.0. The smallest absolute Gasteiger partial charge is 0.246 e. The van der Waals surface area contributed by atoms with Crippen molar-refractivity contribution >= 4 is 17.6 Å². The Morgan fingerprint density at radius 2 is 2.14 bits per heavy atom. The van der Waals surface area contributed by atoms with Gasteiger partial charge in [0.2, 0.25) is 5.91 Å². The number of benzene rings is 1. The molecule has 1 saturated heterocycles. The van der Waals surface area contributed by atoms with Gasteiger partial charge < -0.3 is 15.5 Å². The van der Waals surface area contributed by atoms with Gasteiger partial charge >= 0.3 is 0 Å². The average Bonchev–Trinajstić information content (AvgIpc) is 2.52. The molecule has 1 fully saturated rings. The Hall–Kier alpha value is -2.04. The Morgan fingerprint density at radius 1 is 1.36 bits per heavy atom. The molecular formula is C17H26N4O. The van der Waals surface area contributed by atoms with E-state index in [1.54, 1.807) is 0 Å². The molecule has 0 saturated carbocycles. The predicted molar refractivity (Wildman–Crippen MR) is 91.0 cm³/mol. The molecule has 22 heavy (non-hydrogen) atoms. The van der Waals surface area contributed by atoms with E-state index in [0.29, 0.717) is 5.92 Å². The topological polar surface area (TPSA) is 56.7 Å². The van der Waals surface area contributed by atoms with E-state index in [2.05, 4.69) is 27.4 Å². The molecule has 1 heterocycles. The number of nitrogens with one attached hydrogen (secondary N) is 2. The Balaban J connectivity index is 1.93. The highest BCUT2D eigenvalue weighted by Crippen LogP contribution is 2.15. The molecule has 1 aromatic rings. The number of guanidine groups is 1. The molecule has 1 aliphatic rings. The molecule has 1 atom stereocenters. The highest BCUT2D eigenvalue weighted by molar-refractivity contribution is 5.94. The minimum Gasteiger partial charge on any atom is -0.357 e. The first-order valence-electron chi connectivity index (χ1n) is 8.07. The Morgan fingerprint density at radius 3 is 2.82 bits per heavy atom. The summed E-state index contributed by atoms with van der Waals surface area (Å²) < 4.78 is 0. The maximum Gasteiger partial charge on any atom is 0.246 e. The fourth-order valence-corrected chi connectivity index (χ4v) is 2.68. The highest BCUT2D eigenvalue weighted by Gasteiger charge is 2.19. The van der Waals surface area contributed by atoms with Gasteiger partial charge in [0.15, 0.2) is 5.96 Å². The lowest BCUT2D eigenvalue weighted by Crippen LogP contribution is -2.46. The Kier molecular flexibility index (Phi) is 6.25. The van der Waals surface area contributed by atoms with Crippen molar-refractivity contribution in [2.75, 3.05) is 31.5 Å². The van der Waals surface area contributed by atoms with Crippen LogP contribution in [0.1, 0.15) is 26.7 Å². The lowest BCUT2D eigenvalue weighted by Gasteiger charge is -2.33. The molecule has 1 aliphatic heterocycles. The minimum absolute atomic E-state index is 0.0911. The first-order valence-corrected chi connectivity index (χ1v) is 8.07. The number of aliphatic imine (C=N–C) groups is 1. The molecule has 5 heteroatoms. The number of carbonyl (C=O) groups is 1. The third kappa shape index (κ3) is 5.06. The van der Waals surface area contributed by atoms with Gasteiger partial charge in [0, 0.05) is 25.3 Å². The molecule has 2 N–H and O–H groups in total. The summed E-state index contributed by atoms with van der Waals surface area (Å²) in [5, 5.41) is 6.15. The van der Waals surface area contributed by atoms with Crippen LogP contribution in [0.25, 0.3) is 0 Å². The number of piperidine rings is 1. The third-order valence-corrected chi connectivity index (χ3v) is 3.72. The van der Waals surface area contributed by atoms with Crippen LogP contribution in [0.5, 0.6) is 0 Å². The van der Waals surface area contributed by atoms with Gasteiger partial charge in [-0.1, -0.05) is 25.1 Å². The van der Waals surface area contributed by atoms with Crippen LogP contribution in [0.3, 0.4) is 0 Å². The molecule has 0 spiro atoms. The first kappa shape index (κ1) is 16.3. The van der Waals surface area contributed by atoms with Crippen molar-refractivity contribution in [3.05, 3.63) is 30.3 Å². The second-order valence-electron chi connectivity index (χ2n) is 5.78. The highest BCUT2D eigenvalue weighted by atomic mass is 16.1. The summed E-state index contributed by atoms with van der Waals surface area (Å²) in [4.78, 5) is 18.7. The number of rotatable bonds is 4. The normalized spacial score (nSPS) is 18.9. The number of anilines is 1. The zero-order chi connectivity index (χ0) is 15.8. The zero-order valence-electron chi connectivity index (χ0n) is 13.5. The predicted octanol–water partition coefficient (Wildman–Crippen LogP) is 2.32. The second kappa shape index (κ2) is 8.41. The molecular weight excluding hydrogens is 276 g/mol. The molecule has 120 valence electrons. The lowest BCUT2D eigenvalue weighted by molar-refractivity contribution is -0.114. The summed E-state index contributed by atoms with van der Waals surface area (Å²) in [7, 11) is 0. The van der Waals surface area contributed by atoms with Crippen molar-refractivity contribution in [1.29, 1.82) is 0 Å². The average molecular weight is 302 g/mol. The van der Waals surface area contributed by atoms with Gasteiger partial charge in [0.05, 0.1) is 0 Å². The fourth-order valence-electron chi connectivity index (χ4n) is 2.68. The van der Waals surface area contributed by atoms with Crippen LogP contribution in [0.2, 0.25) is 0 Å². The van der Waals surface area contributed by atoms with E-state index >= 15 is 0 Å². The summed E-state index contributed by atoms with van der Waals surface area (Å²) in [6, 6.07) is 9.48. The quantitative estimate of drug-likeness (QED) is 0.663. The van der Waals surface area contributed by atoms with Crippen LogP contribution in [0.4, 0.5) is 5.69 Å². The zero-order valence-corrected chi connectivity index (χ0v) is 13.5. The van der Waals surface area contributed by atoms with Crippen LogP contribution in [-0.4, -0.2) is 42.9 Å². The van der Waals surface area contributed by atoms with E-state index in [1.807, 2.05) is 37.3 Å².